The molecule has 1 aliphatic rings. The third-order valence-electron chi connectivity index (χ3n) is 5.75. The summed E-state index contributed by atoms with van der Waals surface area (Å²) in [4.78, 5) is 20.1. The third-order valence-corrected chi connectivity index (χ3v) is 10.0. The number of thiazole rings is 1. The third kappa shape index (κ3) is 4.48. The van der Waals surface area contributed by atoms with Gasteiger partial charge in [-0.05, 0) is 61.0 Å². The molecule has 3 aromatic heterocycles. The number of aromatic nitrogens is 1. The monoisotopic (exact) mass is 501 g/mol. The SMILES string of the molecule is Cc1ccc2nc(N(Cc3ccco3)C(=O)C3CCCN(S(=O)(=O)c4cccs4)C3)sc2c1. The summed E-state index contributed by atoms with van der Waals surface area (Å²) in [7, 11) is -3.60. The van der Waals surface area contributed by atoms with Gasteiger partial charge in [-0.2, -0.15) is 4.31 Å². The van der Waals surface area contributed by atoms with Crippen LogP contribution in [0.25, 0.3) is 10.2 Å². The predicted molar refractivity (Wildman–Crippen MR) is 130 cm³/mol. The number of rotatable bonds is 6. The minimum atomic E-state index is -3.60. The van der Waals surface area contributed by atoms with Crippen molar-refractivity contribution in [3.8, 4) is 0 Å². The number of carbonyl (C=O) groups excluding carboxylic acids is 1. The van der Waals surface area contributed by atoms with Gasteiger partial charge in [-0.15, -0.1) is 11.3 Å². The summed E-state index contributed by atoms with van der Waals surface area (Å²) in [6.07, 6.45) is 2.85. The fraction of sp³-hybridized carbons (Fsp3) is 0.304. The summed E-state index contributed by atoms with van der Waals surface area (Å²) in [5, 5.41) is 2.34. The van der Waals surface area contributed by atoms with E-state index < -0.39 is 15.9 Å². The molecule has 0 saturated carbocycles. The number of piperidine rings is 1. The van der Waals surface area contributed by atoms with Crippen molar-refractivity contribution in [3.05, 3.63) is 65.4 Å². The molecule has 1 atom stereocenters. The molecule has 33 heavy (non-hydrogen) atoms. The maximum absolute atomic E-state index is 13.8. The van der Waals surface area contributed by atoms with Gasteiger partial charge in [0, 0.05) is 13.1 Å². The highest BCUT2D eigenvalue weighted by atomic mass is 32.2. The van der Waals surface area contributed by atoms with Crippen LogP contribution < -0.4 is 4.90 Å². The van der Waals surface area contributed by atoms with Gasteiger partial charge in [0.15, 0.2) is 5.13 Å². The molecule has 0 radical (unpaired) electrons. The van der Waals surface area contributed by atoms with Crippen LogP contribution in [0.1, 0.15) is 24.2 Å². The van der Waals surface area contributed by atoms with Gasteiger partial charge < -0.3 is 4.42 Å². The number of sulfonamides is 1. The van der Waals surface area contributed by atoms with Gasteiger partial charge in [0.05, 0.1) is 28.9 Å². The number of aryl methyl sites for hydroxylation is 1. The summed E-state index contributed by atoms with van der Waals surface area (Å²) < 4.78 is 34.4. The van der Waals surface area contributed by atoms with Gasteiger partial charge in [-0.1, -0.05) is 23.5 Å². The number of fused-ring (bicyclic) bond motifs is 1. The standard InChI is InChI=1S/C23H23N3O4S3/c1-16-8-9-19-20(13-16)32-23(24-19)26(15-18-6-3-11-30-18)22(27)17-5-2-10-25(14-17)33(28,29)21-7-4-12-31-21/h3-4,6-9,11-13,17H,2,5,10,14-15H2,1H3. The zero-order valence-corrected chi connectivity index (χ0v) is 20.5. The summed E-state index contributed by atoms with van der Waals surface area (Å²) in [6.45, 7) is 2.86. The zero-order valence-electron chi connectivity index (χ0n) is 18.0. The molecule has 1 unspecified atom stereocenters. The number of nitrogens with zero attached hydrogens (tertiary/aromatic N) is 3. The number of amides is 1. The normalized spacial score (nSPS) is 17.4. The number of hydrogen-bond donors (Lipinski definition) is 0. The summed E-state index contributed by atoms with van der Waals surface area (Å²) in [6, 6.07) is 13.0. The fourth-order valence-corrected chi connectivity index (χ4v) is 7.79. The van der Waals surface area contributed by atoms with E-state index in [1.54, 1.807) is 34.7 Å². The van der Waals surface area contributed by atoms with E-state index in [0.29, 0.717) is 34.5 Å². The first-order valence-electron chi connectivity index (χ1n) is 10.7. The summed E-state index contributed by atoms with van der Waals surface area (Å²) >= 11 is 2.66. The van der Waals surface area contributed by atoms with Crippen molar-refractivity contribution in [2.24, 2.45) is 5.92 Å². The van der Waals surface area contributed by atoms with Crippen LogP contribution in [0.4, 0.5) is 5.13 Å². The minimum absolute atomic E-state index is 0.131. The summed E-state index contributed by atoms with van der Waals surface area (Å²) in [5.41, 5.74) is 1.96. The topological polar surface area (TPSA) is 83.7 Å². The fourth-order valence-electron chi connectivity index (χ4n) is 4.05. The summed E-state index contributed by atoms with van der Waals surface area (Å²) in [5.74, 6) is 0.0723. The van der Waals surface area contributed by atoms with Crippen molar-refractivity contribution in [2.75, 3.05) is 18.0 Å². The number of thiophene rings is 1. The molecule has 0 aliphatic carbocycles. The van der Waals surface area contributed by atoms with Crippen LogP contribution in [0, 0.1) is 12.8 Å². The number of carbonyl (C=O) groups is 1. The Balaban J connectivity index is 1.45. The maximum atomic E-state index is 13.8. The Labute approximate surface area is 200 Å². The van der Waals surface area contributed by atoms with Gasteiger partial charge in [0.1, 0.15) is 9.97 Å². The van der Waals surface area contributed by atoms with Crippen LogP contribution in [0.3, 0.4) is 0 Å². The van der Waals surface area contributed by atoms with Crippen LogP contribution in [0.15, 0.2) is 62.7 Å². The van der Waals surface area contributed by atoms with Crippen LogP contribution in [0.5, 0.6) is 0 Å². The molecule has 7 nitrogen and oxygen atoms in total. The van der Waals surface area contributed by atoms with Crippen LogP contribution in [-0.2, 0) is 21.4 Å². The van der Waals surface area contributed by atoms with Gasteiger partial charge in [0.25, 0.3) is 10.0 Å². The van der Waals surface area contributed by atoms with Gasteiger partial charge in [-0.3, -0.25) is 9.69 Å². The Morgan fingerprint density at radius 3 is 2.91 bits per heavy atom. The molecule has 1 saturated heterocycles. The molecule has 1 amide bonds. The maximum Gasteiger partial charge on any atom is 0.252 e. The zero-order chi connectivity index (χ0) is 23.0. The Hall–Kier alpha value is -2.53. The molecule has 0 N–H and O–H groups in total. The Bertz CT molecular complexity index is 1360. The second-order valence-electron chi connectivity index (χ2n) is 8.11. The largest absolute Gasteiger partial charge is 0.467 e. The van der Waals surface area contributed by atoms with E-state index >= 15 is 0 Å². The highest BCUT2D eigenvalue weighted by Gasteiger charge is 2.36. The molecule has 0 bridgehead atoms. The Morgan fingerprint density at radius 1 is 1.27 bits per heavy atom. The molecule has 172 valence electrons. The van der Waals surface area contributed by atoms with E-state index in [1.807, 2.05) is 25.1 Å². The molecule has 4 aromatic rings. The lowest BCUT2D eigenvalue weighted by Crippen LogP contribution is -2.46. The second-order valence-corrected chi connectivity index (χ2v) is 12.2. The first-order chi connectivity index (χ1) is 15.9. The molecule has 1 fully saturated rings. The lowest BCUT2D eigenvalue weighted by Gasteiger charge is -2.33. The van der Waals surface area contributed by atoms with E-state index in [0.717, 1.165) is 15.8 Å². The van der Waals surface area contributed by atoms with Crippen molar-refractivity contribution >= 4 is 54.0 Å². The first-order valence-corrected chi connectivity index (χ1v) is 13.8. The van der Waals surface area contributed by atoms with Crippen molar-refractivity contribution in [1.82, 2.24) is 9.29 Å². The van der Waals surface area contributed by atoms with E-state index in [-0.39, 0.29) is 19.0 Å². The molecule has 10 heteroatoms. The smallest absolute Gasteiger partial charge is 0.252 e. The van der Waals surface area contributed by atoms with E-state index in [1.165, 1.54) is 27.0 Å². The Kier molecular flexibility index (Phi) is 6.09. The van der Waals surface area contributed by atoms with Crippen molar-refractivity contribution < 1.29 is 17.6 Å². The minimum Gasteiger partial charge on any atom is -0.467 e. The lowest BCUT2D eigenvalue weighted by atomic mass is 9.98. The predicted octanol–water partition coefficient (Wildman–Crippen LogP) is 4.89. The number of benzene rings is 1. The van der Waals surface area contributed by atoms with E-state index in [2.05, 4.69) is 6.07 Å². The molecule has 1 aromatic carbocycles. The van der Waals surface area contributed by atoms with Gasteiger partial charge in [-0.25, -0.2) is 13.4 Å². The van der Waals surface area contributed by atoms with E-state index in [4.69, 9.17) is 9.40 Å². The average Bonchev–Trinajstić information content (AvgIpc) is 3.58. The quantitative estimate of drug-likeness (QED) is 0.375. The van der Waals surface area contributed by atoms with Crippen molar-refractivity contribution in [1.29, 1.82) is 0 Å². The van der Waals surface area contributed by atoms with Crippen molar-refractivity contribution in [3.63, 3.8) is 0 Å². The van der Waals surface area contributed by atoms with E-state index in [9.17, 15) is 13.2 Å². The molecular weight excluding hydrogens is 478 g/mol. The van der Waals surface area contributed by atoms with Crippen LogP contribution in [0.2, 0.25) is 0 Å². The van der Waals surface area contributed by atoms with Crippen molar-refractivity contribution in [2.45, 2.75) is 30.5 Å². The molecule has 1 aliphatic heterocycles. The number of hydrogen-bond acceptors (Lipinski definition) is 7. The highest BCUT2D eigenvalue weighted by Crippen LogP contribution is 2.33. The van der Waals surface area contributed by atoms with Gasteiger partial charge >= 0.3 is 0 Å². The van der Waals surface area contributed by atoms with Crippen LogP contribution >= 0.6 is 22.7 Å². The molecule has 0 spiro atoms. The second kappa shape index (κ2) is 9.02. The Morgan fingerprint density at radius 2 is 2.15 bits per heavy atom. The highest BCUT2D eigenvalue weighted by molar-refractivity contribution is 7.91. The first kappa shape index (κ1) is 22.3. The number of anilines is 1. The molecular formula is C23H23N3O4S3. The average molecular weight is 502 g/mol. The number of furan rings is 1. The van der Waals surface area contributed by atoms with Gasteiger partial charge in [0.2, 0.25) is 5.91 Å². The lowest BCUT2D eigenvalue weighted by molar-refractivity contribution is -0.123. The molecule has 4 heterocycles. The van der Waals surface area contributed by atoms with Crippen LogP contribution in [-0.4, -0.2) is 36.7 Å². The molecule has 5 rings (SSSR count).